The molecule has 1 amide bonds. The summed E-state index contributed by atoms with van der Waals surface area (Å²) in [7, 11) is 1.83. The molecule has 1 fully saturated rings. The average Bonchev–Trinajstić information content (AvgIpc) is 2.59. The number of carbonyl (C=O) groups excluding carboxylic acids is 1. The lowest BCUT2D eigenvalue weighted by Gasteiger charge is -2.22. The van der Waals surface area contributed by atoms with Crippen LogP contribution in [-0.2, 0) is 11.8 Å². The van der Waals surface area contributed by atoms with E-state index in [1.807, 2.05) is 20.0 Å². The van der Waals surface area contributed by atoms with Crippen molar-refractivity contribution in [2.75, 3.05) is 11.9 Å². The summed E-state index contributed by atoms with van der Waals surface area (Å²) < 4.78 is 1.69. The standard InChI is InChI=1S/C11H18N4O/c1-8-7-10(15(2)14-8)13-11(16)9-5-3-4-6-12-9/h7,9,12H,3-6H2,1-2H3,(H,13,16)/t9-/m1/s1. The van der Waals surface area contributed by atoms with E-state index in [1.165, 1.54) is 0 Å². The maximum atomic E-state index is 11.9. The number of aromatic nitrogens is 2. The van der Waals surface area contributed by atoms with Gasteiger partial charge >= 0.3 is 0 Å². The molecule has 1 aromatic rings. The maximum Gasteiger partial charge on any atom is 0.242 e. The number of piperidine rings is 1. The minimum absolute atomic E-state index is 0.0442. The molecule has 1 saturated heterocycles. The summed E-state index contributed by atoms with van der Waals surface area (Å²) in [5.74, 6) is 0.803. The van der Waals surface area contributed by atoms with Crippen molar-refractivity contribution in [1.82, 2.24) is 15.1 Å². The number of nitrogens with zero attached hydrogens (tertiary/aromatic N) is 2. The van der Waals surface area contributed by atoms with Crippen LogP contribution >= 0.6 is 0 Å². The normalized spacial score (nSPS) is 20.8. The SMILES string of the molecule is Cc1cc(NC(=O)[C@H]2CCCCN2)n(C)n1. The van der Waals surface area contributed by atoms with Crippen molar-refractivity contribution in [3.8, 4) is 0 Å². The predicted octanol–water partition coefficient (Wildman–Crippen LogP) is 0.809. The summed E-state index contributed by atoms with van der Waals surface area (Å²) in [5.41, 5.74) is 0.911. The van der Waals surface area contributed by atoms with Gasteiger partial charge in [-0.2, -0.15) is 5.10 Å². The van der Waals surface area contributed by atoms with Gasteiger partial charge in [0.1, 0.15) is 5.82 Å². The lowest BCUT2D eigenvalue weighted by molar-refractivity contribution is -0.118. The number of hydrogen-bond donors (Lipinski definition) is 2. The van der Waals surface area contributed by atoms with Crippen LogP contribution in [0, 0.1) is 6.92 Å². The fourth-order valence-corrected chi connectivity index (χ4v) is 2.02. The number of aryl methyl sites for hydroxylation is 2. The highest BCUT2D eigenvalue weighted by Gasteiger charge is 2.21. The highest BCUT2D eigenvalue weighted by Crippen LogP contribution is 2.12. The zero-order chi connectivity index (χ0) is 11.5. The Morgan fingerprint density at radius 2 is 2.44 bits per heavy atom. The first kappa shape index (κ1) is 11.1. The van der Waals surface area contributed by atoms with Crippen LogP contribution in [0.3, 0.4) is 0 Å². The number of rotatable bonds is 2. The second-order valence-corrected chi connectivity index (χ2v) is 4.29. The van der Waals surface area contributed by atoms with Crippen LogP contribution in [0.25, 0.3) is 0 Å². The molecule has 1 aliphatic rings. The number of anilines is 1. The predicted molar refractivity (Wildman–Crippen MR) is 62.2 cm³/mol. The second-order valence-electron chi connectivity index (χ2n) is 4.29. The van der Waals surface area contributed by atoms with E-state index in [4.69, 9.17) is 0 Å². The van der Waals surface area contributed by atoms with Crippen molar-refractivity contribution in [2.45, 2.75) is 32.2 Å². The molecule has 5 nitrogen and oxygen atoms in total. The molecule has 2 heterocycles. The summed E-state index contributed by atoms with van der Waals surface area (Å²) >= 11 is 0. The van der Waals surface area contributed by atoms with E-state index in [-0.39, 0.29) is 11.9 Å². The van der Waals surface area contributed by atoms with E-state index in [9.17, 15) is 4.79 Å². The average molecular weight is 222 g/mol. The van der Waals surface area contributed by atoms with E-state index in [0.29, 0.717) is 0 Å². The first-order valence-corrected chi connectivity index (χ1v) is 5.72. The molecule has 0 saturated carbocycles. The molecule has 0 radical (unpaired) electrons. The van der Waals surface area contributed by atoms with Gasteiger partial charge in [-0.3, -0.25) is 9.48 Å². The molecule has 2 rings (SSSR count). The first-order chi connectivity index (χ1) is 7.66. The van der Waals surface area contributed by atoms with Crippen LogP contribution in [0.2, 0.25) is 0 Å². The van der Waals surface area contributed by atoms with Gasteiger partial charge < -0.3 is 10.6 Å². The Hall–Kier alpha value is -1.36. The van der Waals surface area contributed by atoms with Crippen molar-refractivity contribution < 1.29 is 4.79 Å². The molecule has 0 aliphatic carbocycles. The molecule has 0 bridgehead atoms. The van der Waals surface area contributed by atoms with Gasteiger partial charge in [0.2, 0.25) is 5.91 Å². The zero-order valence-corrected chi connectivity index (χ0v) is 9.79. The van der Waals surface area contributed by atoms with Crippen molar-refractivity contribution in [2.24, 2.45) is 7.05 Å². The third-order valence-corrected chi connectivity index (χ3v) is 2.88. The van der Waals surface area contributed by atoms with Crippen LogP contribution < -0.4 is 10.6 Å². The van der Waals surface area contributed by atoms with Gasteiger partial charge in [-0.05, 0) is 26.3 Å². The van der Waals surface area contributed by atoms with E-state index in [1.54, 1.807) is 4.68 Å². The Balaban J connectivity index is 1.98. The van der Waals surface area contributed by atoms with Crippen molar-refractivity contribution in [3.63, 3.8) is 0 Å². The van der Waals surface area contributed by atoms with Gasteiger partial charge in [0.15, 0.2) is 0 Å². The highest BCUT2D eigenvalue weighted by atomic mass is 16.2. The molecule has 88 valence electrons. The summed E-state index contributed by atoms with van der Waals surface area (Å²) in [5, 5.41) is 10.3. The van der Waals surface area contributed by atoms with Gasteiger partial charge in [0.05, 0.1) is 11.7 Å². The van der Waals surface area contributed by atoms with E-state index < -0.39 is 0 Å². The van der Waals surface area contributed by atoms with Gasteiger partial charge in [0, 0.05) is 13.1 Å². The minimum Gasteiger partial charge on any atom is -0.310 e. The van der Waals surface area contributed by atoms with Gasteiger partial charge in [-0.1, -0.05) is 6.42 Å². The van der Waals surface area contributed by atoms with E-state index in [0.717, 1.165) is 37.3 Å². The fraction of sp³-hybridized carbons (Fsp3) is 0.636. The lowest BCUT2D eigenvalue weighted by Crippen LogP contribution is -2.43. The van der Waals surface area contributed by atoms with Crippen LogP contribution in [-0.4, -0.2) is 28.3 Å². The molecule has 2 N–H and O–H groups in total. The maximum absolute atomic E-state index is 11.9. The lowest BCUT2D eigenvalue weighted by atomic mass is 10.0. The molecule has 0 unspecified atom stereocenters. The Kier molecular flexibility index (Phi) is 3.24. The molecule has 1 atom stereocenters. The number of nitrogens with one attached hydrogen (secondary N) is 2. The van der Waals surface area contributed by atoms with Crippen LogP contribution in [0.4, 0.5) is 5.82 Å². The quantitative estimate of drug-likeness (QED) is 0.778. The molecule has 0 spiro atoms. The monoisotopic (exact) mass is 222 g/mol. The third kappa shape index (κ3) is 2.41. The highest BCUT2D eigenvalue weighted by molar-refractivity contribution is 5.94. The van der Waals surface area contributed by atoms with E-state index >= 15 is 0 Å². The van der Waals surface area contributed by atoms with Gasteiger partial charge in [-0.25, -0.2) is 0 Å². The second kappa shape index (κ2) is 4.65. The zero-order valence-electron chi connectivity index (χ0n) is 9.79. The largest absolute Gasteiger partial charge is 0.310 e. The molecule has 0 aromatic carbocycles. The Bertz CT molecular complexity index is 379. The Labute approximate surface area is 95.2 Å². The summed E-state index contributed by atoms with van der Waals surface area (Å²) in [6, 6.07) is 1.82. The third-order valence-electron chi connectivity index (χ3n) is 2.88. The van der Waals surface area contributed by atoms with Crippen molar-refractivity contribution in [1.29, 1.82) is 0 Å². The topological polar surface area (TPSA) is 59.0 Å². The number of hydrogen-bond acceptors (Lipinski definition) is 3. The van der Waals surface area contributed by atoms with Crippen LogP contribution in [0.5, 0.6) is 0 Å². The fourth-order valence-electron chi connectivity index (χ4n) is 2.02. The van der Waals surface area contributed by atoms with Crippen LogP contribution in [0.1, 0.15) is 25.0 Å². The molecule has 5 heteroatoms. The molecular formula is C11H18N4O. The summed E-state index contributed by atoms with van der Waals surface area (Å²) in [6.07, 6.45) is 3.20. The number of amides is 1. The van der Waals surface area contributed by atoms with Gasteiger partial charge in [0.25, 0.3) is 0 Å². The Morgan fingerprint density at radius 3 is 3.00 bits per heavy atom. The number of carbonyl (C=O) groups is 1. The van der Waals surface area contributed by atoms with Crippen molar-refractivity contribution in [3.05, 3.63) is 11.8 Å². The molecule has 16 heavy (non-hydrogen) atoms. The van der Waals surface area contributed by atoms with Crippen molar-refractivity contribution >= 4 is 11.7 Å². The Morgan fingerprint density at radius 1 is 1.62 bits per heavy atom. The summed E-state index contributed by atoms with van der Waals surface area (Å²) in [4.78, 5) is 11.9. The molecule has 1 aliphatic heterocycles. The smallest absolute Gasteiger partial charge is 0.242 e. The molecular weight excluding hydrogens is 204 g/mol. The van der Waals surface area contributed by atoms with Gasteiger partial charge in [-0.15, -0.1) is 0 Å². The first-order valence-electron chi connectivity index (χ1n) is 5.72. The molecule has 1 aromatic heterocycles. The van der Waals surface area contributed by atoms with E-state index in [2.05, 4.69) is 15.7 Å². The summed E-state index contributed by atoms with van der Waals surface area (Å²) in [6.45, 7) is 2.84. The van der Waals surface area contributed by atoms with Crippen LogP contribution in [0.15, 0.2) is 6.07 Å². The minimum atomic E-state index is -0.0519.